The van der Waals surface area contributed by atoms with Crippen molar-refractivity contribution in [3.63, 3.8) is 0 Å². The first-order valence-electron chi connectivity index (χ1n) is 6.56. The van der Waals surface area contributed by atoms with Crippen LogP contribution in [0.4, 0.5) is 0 Å². The Kier molecular flexibility index (Phi) is 4.23. The fraction of sp³-hybridized carbons (Fsp3) is 0.500. The maximum Gasteiger partial charge on any atom is 0.0292 e. The fourth-order valence-electron chi connectivity index (χ4n) is 2.46. The SMILES string of the molecule is CC#CCCNC(C)c1ccc2c(c1)CCC2. The van der Waals surface area contributed by atoms with Gasteiger partial charge in [0.1, 0.15) is 0 Å². The van der Waals surface area contributed by atoms with E-state index >= 15 is 0 Å². The number of hydrogen-bond donors (Lipinski definition) is 1. The molecule has 1 aromatic carbocycles. The molecule has 0 saturated heterocycles. The van der Waals surface area contributed by atoms with Gasteiger partial charge in [-0.25, -0.2) is 0 Å². The minimum atomic E-state index is 0.430. The highest BCUT2D eigenvalue weighted by Crippen LogP contribution is 2.25. The Morgan fingerprint density at radius 1 is 1.29 bits per heavy atom. The minimum Gasteiger partial charge on any atom is -0.309 e. The average molecular weight is 227 g/mol. The third kappa shape index (κ3) is 3.11. The standard InChI is InChI=1S/C16H21N/c1-3-4-5-11-17-13(2)15-10-9-14-7-6-8-16(14)12-15/h9-10,12-13,17H,5-8,11H2,1-2H3. The Labute approximate surface area is 105 Å². The summed E-state index contributed by atoms with van der Waals surface area (Å²) in [5.74, 6) is 6.01. The van der Waals surface area contributed by atoms with E-state index in [9.17, 15) is 0 Å². The second-order valence-electron chi connectivity index (χ2n) is 4.73. The van der Waals surface area contributed by atoms with E-state index in [0.717, 1.165) is 13.0 Å². The predicted molar refractivity (Wildman–Crippen MR) is 73.0 cm³/mol. The van der Waals surface area contributed by atoms with Gasteiger partial charge in [-0.3, -0.25) is 0 Å². The molecular weight excluding hydrogens is 206 g/mol. The predicted octanol–water partition coefficient (Wildman–Crippen LogP) is 3.24. The molecule has 0 heterocycles. The molecule has 1 aliphatic rings. The highest BCUT2D eigenvalue weighted by Gasteiger charge is 2.12. The van der Waals surface area contributed by atoms with Crippen LogP contribution in [0.5, 0.6) is 0 Å². The molecule has 1 heteroatoms. The molecule has 1 unspecified atom stereocenters. The van der Waals surface area contributed by atoms with Crippen molar-refractivity contribution in [3.05, 3.63) is 34.9 Å². The first-order valence-corrected chi connectivity index (χ1v) is 6.56. The van der Waals surface area contributed by atoms with Gasteiger partial charge >= 0.3 is 0 Å². The number of benzene rings is 1. The van der Waals surface area contributed by atoms with Crippen LogP contribution in [0.1, 0.15) is 49.4 Å². The van der Waals surface area contributed by atoms with Gasteiger partial charge in [0.05, 0.1) is 0 Å². The van der Waals surface area contributed by atoms with Crippen molar-refractivity contribution in [2.75, 3.05) is 6.54 Å². The van der Waals surface area contributed by atoms with Crippen LogP contribution in [0.15, 0.2) is 18.2 Å². The lowest BCUT2D eigenvalue weighted by Gasteiger charge is -2.14. The molecule has 1 atom stereocenters. The van der Waals surface area contributed by atoms with Gasteiger partial charge in [-0.1, -0.05) is 18.2 Å². The largest absolute Gasteiger partial charge is 0.309 e. The quantitative estimate of drug-likeness (QED) is 0.615. The molecule has 0 aromatic heterocycles. The van der Waals surface area contributed by atoms with Crippen molar-refractivity contribution < 1.29 is 0 Å². The lowest BCUT2D eigenvalue weighted by molar-refractivity contribution is 0.583. The van der Waals surface area contributed by atoms with Crippen molar-refractivity contribution in [3.8, 4) is 11.8 Å². The molecule has 17 heavy (non-hydrogen) atoms. The van der Waals surface area contributed by atoms with Crippen LogP contribution in [0, 0.1) is 11.8 Å². The zero-order valence-electron chi connectivity index (χ0n) is 10.8. The topological polar surface area (TPSA) is 12.0 Å². The molecule has 1 nitrogen and oxygen atoms in total. The van der Waals surface area contributed by atoms with E-state index in [0.29, 0.717) is 6.04 Å². The molecule has 0 radical (unpaired) electrons. The van der Waals surface area contributed by atoms with E-state index in [2.05, 4.69) is 42.3 Å². The van der Waals surface area contributed by atoms with E-state index in [4.69, 9.17) is 0 Å². The second kappa shape index (κ2) is 5.89. The normalized spacial score (nSPS) is 14.9. The van der Waals surface area contributed by atoms with E-state index in [-0.39, 0.29) is 0 Å². The summed E-state index contributed by atoms with van der Waals surface area (Å²) >= 11 is 0. The van der Waals surface area contributed by atoms with Crippen molar-refractivity contribution in [2.24, 2.45) is 0 Å². The third-order valence-electron chi connectivity index (χ3n) is 3.50. The van der Waals surface area contributed by atoms with Gasteiger partial charge in [0.25, 0.3) is 0 Å². The van der Waals surface area contributed by atoms with Gasteiger partial charge in [-0.15, -0.1) is 11.8 Å². The van der Waals surface area contributed by atoms with Crippen molar-refractivity contribution in [1.29, 1.82) is 0 Å². The fourth-order valence-corrected chi connectivity index (χ4v) is 2.46. The van der Waals surface area contributed by atoms with Crippen LogP contribution in [-0.2, 0) is 12.8 Å². The third-order valence-corrected chi connectivity index (χ3v) is 3.50. The molecule has 0 amide bonds. The first-order chi connectivity index (χ1) is 8.31. The Morgan fingerprint density at radius 3 is 2.94 bits per heavy atom. The molecule has 1 N–H and O–H groups in total. The summed E-state index contributed by atoms with van der Waals surface area (Å²) < 4.78 is 0. The Hall–Kier alpha value is -1.26. The number of rotatable bonds is 4. The number of hydrogen-bond acceptors (Lipinski definition) is 1. The van der Waals surface area contributed by atoms with E-state index < -0.39 is 0 Å². The molecular formula is C16H21N. The Balaban J connectivity index is 1.94. The van der Waals surface area contributed by atoms with Gasteiger partial charge in [-0.2, -0.15) is 0 Å². The lowest BCUT2D eigenvalue weighted by atomic mass is 10.0. The molecule has 1 aliphatic carbocycles. The van der Waals surface area contributed by atoms with Crippen LogP contribution in [0.2, 0.25) is 0 Å². The summed E-state index contributed by atoms with van der Waals surface area (Å²) in [6, 6.07) is 7.39. The van der Waals surface area contributed by atoms with Gasteiger partial charge < -0.3 is 5.32 Å². The summed E-state index contributed by atoms with van der Waals surface area (Å²) in [5.41, 5.74) is 4.53. The zero-order valence-corrected chi connectivity index (χ0v) is 10.8. The van der Waals surface area contributed by atoms with E-state index in [1.807, 2.05) is 6.92 Å². The lowest BCUT2D eigenvalue weighted by Crippen LogP contribution is -2.19. The monoisotopic (exact) mass is 227 g/mol. The molecule has 1 aromatic rings. The van der Waals surface area contributed by atoms with Crippen molar-refractivity contribution in [1.82, 2.24) is 5.32 Å². The van der Waals surface area contributed by atoms with Crippen molar-refractivity contribution in [2.45, 2.75) is 45.6 Å². The van der Waals surface area contributed by atoms with Crippen LogP contribution >= 0.6 is 0 Å². The van der Waals surface area contributed by atoms with E-state index in [1.165, 1.54) is 24.8 Å². The molecule has 0 fully saturated rings. The molecule has 0 bridgehead atoms. The van der Waals surface area contributed by atoms with Gasteiger partial charge in [-0.05, 0) is 49.8 Å². The molecule has 0 spiro atoms. The Bertz CT molecular complexity index is 437. The maximum atomic E-state index is 3.52. The molecule has 90 valence electrons. The van der Waals surface area contributed by atoms with Gasteiger partial charge in [0.2, 0.25) is 0 Å². The molecule has 0 aliphatic heterocycles. The summed E-state index contributed by atoms with van der Waals surface area (Å²) in [5, 5.41) is 3.52. The number of nitrogens with one attached hydrogen (secondary N) is 1. The first kappa shape index (κ1) is 12.2. The number of fused-ring (bicyclic) bond motifs is 1. The summed E-state index contributed by atoms with van der Waals surface area (Å²) in [6.07, 6.45) is 4.79. The van der Waals surface area contributed by atoms with Gasteiger partial charge in [0.15, 0.2) is 0 Å². The van der Waals surface area contributed by atoms with Crippen LogP contribution in [0.3, 0.4) is 0 Å². The smallest absolute Gasteiger partial charge is 0.0292 e. The maximum absolute atomic E-state index is 3.52. The Morgan fingerprint density at radius 2 is 2.12 bits per heavy atom. The molecule has 0 saturated carbocycles. The number of aryl methyl sites for hydroxylation is 2. The van der Waals surface area contributed by atoms with Crippen LogP contribution in [0.25, 0.3) is 0 Å². The minimum absolute atomic E-state index is 0.430. The van der Waals surface area contributed by atoms with Crippen molar-refractivity contribution >= 4 is 0 Å². The summed E-state index contributed by atoms with van der Waals surface area (Å²) in [6.45, 7) is 5.10. The van der Waals surface area contributed by atoms with Gasteiger partial charge in [0, 0.05) is 19.0 Å². The summed E-state index contributed by atoms with van der Waals surface area (Å²) in [4.78, 5) is 0. The average Bonchev–Trinajstić information content (AvgIpc) is 2.81. The highest BCUT2D eigenvalue weighted by atomic mass is 14.9. The van der Waals surface area contributed by atoms with E-state index in [1.54, 1.807) is 11.1 Å². The second-order valence-corrected chi connectivity index (χ2v) is 4.73. The zero-order chi connectivity index (χ0) is 12.1. The van der Waals surface area contributed by atoms with Crippen LogP contribution in [-0.4, -0.2) is 6.54 Å². The highest BCUT2D eigenvalue weighted by molar-refractivity contribution is 5.36. The summed E-state index contributed by atoms with van der Waals surface area (Å²) in [7, 11) is 0. The van der Waals surface area contributed by atoms with Crippen LogP contribution < -0.4 is 5.32 Å². The molecule has 2 rings (SSSR count).